The molecule has 7 nitrogen and oxygen atoms in total. The second-order valence-electron chi connectivity index (χ2n) is 8.08. The molecule has 184 valence electrons. The third kappa shape index (κ3) is 7.31. The highest BCUT2D eigenvalue weighted by Crippen LogP contribution is 2.23. The van der Waals surface area contributed by atoms with Crippen molar-refractivity contribution in [2.24, 2.45) is 0 Å². The molecule has 0 heterocycles. The molecule has 2 amide bonds. The number of hydrogen-bond donors (Lipinski definition) is 1. The second kappa shape index (κ2) is 11.9. The number of likely N-dealkylation sites (N-methyl/N-ethyl adjacent to an activating group) is 1. The third-order valence-corrected chi connectivity index (χ3v) is 6.86. The number of halogens is 1. The zero-order valence-corrected chi connectivity index (χ0v) is 21.2. The van der Waals surface area contributed by atoms with E-state index in [1.54, 1.807) is 18.2 Å². The van der Waals surface area contributed by atoms with Crippen molar-refractivity contribution in [3.63, 3.8) is 0 Å². The van der Waals surface area contributed by atoms with Crippen LogP contribution in [0.1, 0.15) is 11.1 Å². The highest BCUT2D eigenvalue weighted by Gasteiger charge is 2.32. The van der Waals surface area contributed by atoms with Gasteiger partial charge in [-0.2, -0.15) is 0 Å². The Morgan fingerprint density at radius 2 is 1.51 bits per heavy atom. The number of benzene rings is 3. The van der Waals surface area contributed by atoms with Crippen LogP contribution in [0.4, 0.5) is 5.69 Å². The van der Waals surface area contributed by atoms with Crippen molar-refractivity contribution >= 4 is 39.1 Å². The minimum absolute atomic E-state index is 0.137. The van der Waals surface area contributed by atoms with Crippen molar-refractivity contribution in [1.82, 2.24) is 10.2 Å². The molecule has 0 spiro atoms. The summed E-state index contributed by atoms with van der Waals surface area (Å²) in [5.41, 5.74) is 1.96. The zero-order chi connectivity index (χ0) is 25.4. The Balaban J connectivity index is 2.00. The van der Waals surface area contributed by atoms with Crippen molar-refractivity contribution in [3.8, 4) is 0 Å². The zero-order valence-electron chi connectivity index (χ0n) is 19.6. The lowest BCUT2D eigenvalue weighted by molar-refractivity contribution is -0.139. The number of sulfonamides is 1. The fourth-order valence-corrected chi connectivity index (χ4v) is 4.77. The molecule has 0 aliphatic carbocycles. The van der Waals surface area contributed by atoms with Gasteiger partial charge in [-0.15, -0.1) is 0 Å². The monoisotopic (exact) mass is 513 g/mol. The van der Waals surface area contributed by atoms with Crippen molar-refractivity contribution in [2.45, 2.75) is 19.0 Å². The SMILES string of the molecule is CNC(=O)[C@@H](Cc1ccccc1)N(Cc1ccccc1)C(=O)CN(c1cccc(Cl)c1)S(C)(=O)=O. The third-order valence-electron chi connectivity index (χ3n) is 5.49. The fourth-order valence-electron chi connectivity index (χ4n) is 3.75. The van der Waals surface area contributed by atoms with Crippen LogP contribution < -0.4 is 9.62 Å². The number of rotatable bonds is 10. The summed E-state index contributed by atoms with van der Waals surface area (Å²) in [4.78, 5) is 28.2. The predicted molar refractivity (Wildman–Crippen MR) is 139 cm³/mol. The molecule has 0 radical (unpaired) electrons. The number of hydrogen-bond acceptors (Lipinski definition) is 4. The van der Waals surface area contributed by atoms with E-state index in [2.05, 4.69) is 5.32 Å². The van der Waals surface area contributed by atoms with Crippen LogP contribution in [0.5, 0.6) is 0 Å². The highest BCUT2D eigenvalue weighted by atomic mass is 35.5. The summed E-state index contributed by atoms with van der Waals surface area (Å²) < 4.78 is 26.3. The smallest absolute Gasteiger partial charge is 0.244 e. The molecule has 1 N–H and O–H groups in total. The average Bonchev–Trinajstić information content (AvgIpc) is 2.84. The predicted octanol–water partition coefficient (Wildman–Crippen LogP) is 3.49. The summed E-state index contributed by atoms with van der Waals surface area (Å²) >= 11 is 6.08. The average molecular weight is 514 g/mol. The van der Waals surface area contributed by atoms with Gasteiger partial charge in [0.05, 0.1) is 11.9 Å². The van der Waals surface area contributed by atoms with Crippen LogP contribution in [0.25, 0.3) is 0 Å². The highest BCUT2D eigenvalue weighted by molar-refractivity contribution is 7.92. The number of nitrogens with zero attached hydrogens (tertiary/aromatic N) is 2. The number of amides is 2. The van der Waals surface area contributed by atoms with Crippen LogP contribution in [-0.2, 0) is 32.6 Å². The molecule has 0 saturated heterocycles. The molecule has 0 bridgehead atoms. The summed E-state index contributed by atoms with van der Waals surface area (Å²) in [7, 11) is -2.31. The summed E-state index contributed by atoms with van der Waals surface area (Å²) in [5.74, 6) is -0.851. The van der Waals surface area contributed by atoms with Gasteiger partial charge in [0.1, 0.15) is 12.6 Å². The van der Waals surface area contributed by atoms with E-state index in [9.17, 15) is 18.0 Å². The number of carbonyl (C=O) groups is 2. The molecule has 0 fully saturated rings. The van der Waals surface area contributed by atoms with Gasteiger partial charge in [0.25, 0.3) is 0 Å². The molecule has 3 aromatic carbocycles. The maximum Gasteiger partial charge on any atom is 0.244 e. The summed E-state index contributed by atoms with van der Waals surface area (Å²) in [6, 6.07) is 24.1. The van der Waals surface area contributed by atoms with Gasteiger partial charge in [0, 0.05) is 25.0 Å². The lowest BCUT2D eigenvalue weighted by atomic mass is 10.0. The van der Waals surface area contributed by atoms with Crippen LogP contribution >= 0.6 is 11.6 Å². The van der Waals surface area contributed by atoms with Crippen LogP contribution in [0, 0.1) is 0 Å². The molecule has 3 aromatic rings. The lowest BCUT2D eigenvalue weighted by Crippen LogP contribution is -2.52. The maximum atomic E-state index is 13.7. The molecular formula is C26H28ClN3O4S. The summed E-state index contributed by atoms with van der Waals surface area (Å²) in [6.45, 7) is -0.341. The summed E-state index contributed by atoms with van der Waals surface area (Å²) in [6.07, 6.45) is 1.30. The molecule has 35 heavy (non-hydrogen) atoms. The number of nitrogens with one attached hydrogen (secondary N) is 1. The first-order chi connectivity index (χ1) is 16.7. The maximum absolute atomic E-state index is 13.7. The quantitative estimate of drug-likeness (QED) is 0.449. The van der Waals surface area contributed by atoms with Gasteiger partial charge in [-0.3, -0.25) is 13.9 Å². The van der Waals surface area contributed by atoms with E-state index in [-0.39, 0.29) is 24.6 Å². The van der Waals surface area contributed by atoms with Crippen LogP contribution in [0.2, 0.25) is 5.02 Å². The minimum atomic E-state index is -3.82. The Labute approximate surface area is 211 Å². The standard InChI is InChI=1S/C26H28ClN3O4S/c1-28-26(32)24(16-20-10-5-3-6-11-20)29(18-21-12-7-4-8-13-21)25(31)19-30(35(2,33)34)23-15-9-14-22(27)17-23/h3-15,17,24H,16,18-19H2,1-2H3,(H,28,32)/t24-/m1/s1. The van der Waals surface area contributed by atoms with Gasteiger partial charge in [-0.1, -0.05) is 78.3 Å². The topological polar surface area (TPSA) is 86.8 Å². The molecule has 0 aromatic heterocycles. The Bertz CT molecular complexity index is 1250. The molecule has 0 saturated carbocycles. The summed E-state index contributed by atoms with van der Waals surface area (Å²) in [5, 5.41) is 2.99. The van der Waals surface area contributed by atoms with E-state index >= 15 is 0 Å². The van der Waals surface area contributed by atoms with E-state index in [4.69, 9.17) is 11.6 Å². The van der Waals surface area contributed by atoms with E-state index in [1.165, 1.54) is 18.0 Å². The lowest BCUT2D eigenvalue weighted by Gasteiger charge is -2.33. The van der Waals surface area contributed by atoms with Crippen LogP contribution in [0.15, 0.2) is 84.9 Å². The van der Waals surface area contributed by atoms with Gasteiger partial charge in [-0.05, 0) is 29.3 Å². The molecule has 0 aliphatic heterocycles. The number of carbonyl (C=O) groups excluding carboxylic acids is 2. The normalized spacial score (nSPS) is 12.0. The molecule has 1 atom stereocenters. The first kappa shape index (κ1) is 26.2. The van der Waals surface area contributed by atoms with E-state index < -0.39 is 28.5 Å². The Hall–Kier alpha value is -3.36. The van der Waals surface area contributed by atoms with E-state index in [0.29, 0.717) is 5.02 Å². The fraction of sp³-hybridized carbons (Fsp3) is 0.231. The van der Waals surface area contributed by atoms with Crippen molar-refractivity contribution < 1.29 is 18.0 Å². The molecule has 9 heteroatoms. The van der Waals surface area contributed by atoms with Crippen molar-refractivity contribution in [3.05, 3.63) is 101 Å². The minimum Gasteiger partial charge on any atom is -0.357 e. The van der Waals surface area contributed by atoms with E-state index in [1.807, 2.05) is 60.7 Å². The first-order valence-corrected chi connectivity index (χ1v) is 13.2. The molecule has 0 aliphatic rings. The molecular weight excluding hydrogens is 486 g/mol. The van der Waals surface area contributed by atoms with Crippen molar-refractivity contribution in [2.75, 3.05) is 24.2 Å². The van der Waals surface area contributed by atoms with Crippen LogP contribution in [0.3, 0.4) is 0 Å². The molecule has 0 unspecified atom stereocenters. The van der Waals surface area contributed by atoms with Crippen LogP contribution in [-0.4, -0.2) is 51.0 Å². The Morgan fingerprint density at radius 1 is 0.914 bits per heavy atom. The first-order valence-electron chi connectivity index (χ1n) is 11.0. The van der Waals surface area contributed by atoms with Gasteiger partial charge >= 0.3 is 0 Å². The van der Waals surface area contributed by atoms with Gasteiger partial charge in [0.15, 0.2) is 0 Å². The Kier molecular flexibility index (Phi) is 8.89. The van der Waals surface area contributed by atoms with Gasteiger partial charge in [-0.25, -0.2) is 8.42 Å². The Morgan fingerprint density at radius 3 is 2.06 bits per heavy atom. The van der Waals surface area contributed by atoms with Gasteiger partial charge in [0.2, 0.25) is 21.8 Å². The van der Waals surface area contributed by atoms with Crippen molar-refractivity contribution in [1.29, 1.82) is 0 Å². The number of anilines is 1. The van der Waals surface area contributed by atoms with Gasteiger partial charge < -0.3 is 10.2 Å². The largest absolute Gasteiger partial charge is 0.357 e. The molecule has 3 rings (SSSR count). The van der Waals surface area contributed by atoms with E-state index in [0.717, 1.165) is 21.7 Å². The second-order valence-corrected chi connectivity index (χ2v) is 10.4.